The van der Waals surface area contributed by atoms with Crippen molar-refractivity contribution in [3.8, 4) is 0 Å². The number of hydrogen-bond acceptors (Lipinski definition) is 6. The van der Waals surface area contributed by atoms with E-state index in [1.54, 1.807) is 17.0 Å². The molecule has 1 amide bonds. The second kappa shape index (κ2) is 8.97. The Morgan fingerprint density at radius 1 is 1.09 bits per heavy atom. The fourth-order valence-corrected chi connectivity index (χ4v) is 4.65. The molecule has 0 saturated heterocycles. The average Bonchev–Trinajstić information content (AvgIpc) is 3.43. The second-order valence-corrected chi connectivity index (χ2v) is 9.22. The minimum atomic E-state index is -3.77. The van der Waals surface area contributed by atoms with Gasteiger partial charge < -0.3 is 14.1 Å². The number of para-hydroxylation sites is 1. The van der Waals surface area contributed by atoms with Crippen LogP contribution in [0.15, 0.2) is 76.2 Å². The van der Waals surface area contributed by atoms with Gasteiger partial charge >= 0.3 is 5.97 Å². The van der Waals surface area contributed by atoms with E-state index in [1.165, 1.54) is 30.5 Å². The lowest BCUT2D eigenvalue weighted by Crippen LogP contribution is -2.38. The Labute approximate surface area is 185 Å². The summed E-state index contributed by atoms with van der Waals surface area (Å²) < 4.78 is 37.5. The van der Waals surface area contributed by atoms with Gasteiger partial charge in [0.2, 0.25) is 10.0 Å². The Morgan fingerprint density at radius 3 is 2.56 bits per heavy atom. The predicted molar refractivity (Wildman–Crippen MR) is 117 cm³/mol. The van der Waals surface area contributed by atoms with Gasteiger partial charge in [0.15, 0.2) is 6.61 Å². The minimum absolute atomic E-state index is 0.000758. The largest absolute Gasteiger partial charge is 0.468 e. The van der Waals surface area contributed by atoms with Gasteiger partial charge in [-0.1, -0.05) is 18.2 Å². The van der Waals surface area contributed by atoms with Crippen molar-refractivity contribution in [1.29, 1.82) is 0 Å². The molecule has 2 aromatic carbocycles. The van der Waals surface area contributed by atoms with E-state index in [-0.39, 0.29) is 29.0 Å². The zero-order valence-electron chi connectivity index (χ0n) is 17.4. The Balaban J connectivity index is 1.35. The molecule has 0 aliphatic carbocycles. The van der Waals surface area contributed by atoms with E-state index in [4.69, 9.17) is 9.15 Å². The average molecular weight is 455 g/mol. The number of carbonyl (C=O) groups excluding carboxylic acids is 2. The van der Waals surface area contributed by atoms with E-state index in [1.807, 2.05) is 31.2 Å². The molecule has 3 aromatic rings. The number of furan rings is 1. The summed E-state index contributed by atoms with van der Waals surface area (Å²) in [6, 6.07) is 16.3. The third-order valence-corrected chi connectivity index (χ3v) is 6.64. The van der Waals surface area contributed by atoms with Crippen LogP contribution >= 0.6 is 0 Å². The van der Waals surface area contributed by atoms with Crippen molar-refractivity contribution in [3.05, 3.63) is 83.8 Å². The number of esters is 1. The summed E-state index contributed by atoms with van der Waals surface area (Å²) in [5.41, 5.74) is 2.06. The highest BCUT2D eigenvalue weighted by molar-refractivity contribution is 7.89. The van der Waals surface area contributed by atoms with Crippen LogP contribution in [0, 0.1) is 0 Å². The van der Waals surface area contributed by atoms with E-state index in [0.717, 1.165) is 17.7 Å². The van der Waals surface area contributed by atoms with E-state index in [9.17, 15) is 18.0 Å². The zero-order valence-corrected chi connectivity index (χ0v) is 18.2. The Bertz CT molecular complexity index is 1220. The van der Waals surface area contributed by atoms with Gasteiger partial charge in [0, 0.05) is 11.7 Å². The number of anilines is 1. The third kappa shape index (κ3) is 4.58. The van der Waals surface area contributed by atoms with Gasteiger partial charge in [-0.25, -0.2) is 17.9 Å². The Kier molecular flexibility index (Phi) is 6.11. The summed E-state index contributed by atoms with van der Waals surface area (Å²) in [7, 11) is -3.77. The van der Waals surface area contributed by atoms with Crippen molar-refractivity contribution in [2.45, 2.75) is 30.8 Å². The van der Waals surface area contributed by atoms with E-state index in [2.05, 4.69) is 4.72 Å². The molecule has 1 aliphatic heterocycles. The SMILES string of the molecule is C[C@@H]1Cc2ccccc2N1C(=O)COC(=O)c1ccc(S(=O)(=O)NCc2ccco2)cc1. The second-order valence-electron chi connectivity index (χ2n) is 7.45. The van der Waals surface area contributed by atoms with Crippen LogP contribution in [0.1, 0.15) is 28.6 Å². The summed E-state index contributed by atoms with van der Waals surface area (Å²) in [5, 5.41) is 0. The number of hydrogen-bond donors (Lipinski definition) is 1. The molecule has 0 unspecified atom stereocenters. The maximum absolute atomic E-state index is 12.7. The normalized spacial score (nSPS) is 15.4. The van der Waals surface area contributed by atoms with Gasteiger partial charge in [-0.05, 0) is 61.4 Å². The molecule has 2 heterocycles. The summed E-state index contributed by atoms with van der Waals surface area (Å²) in [6.45, 7) is 1.56. The maximum atomic E-state index is 12.7. The molecule has 1 aromatic heterocycles. The van der Waals surface area contributed by atoms with E-state index < -0.39 is 22.6 Å². The predicted octanol–water partition coefficient (Wildman–Crippen LogP) is 2.89. The Morgan fingerprint density at radius 2 is 1.84 bits per heavy atom. The highest BCUT2D eigenvalue weighted by atomic mass is 32.2. The first-order valence-electron chi connectivity index (χ1n) is 10.0. The van der Waals surface area contributed by atoms with Crippen molar-refractivity contribution >= 4 is 27.6 Å². The molecule has 0 radical (unpaired) electrons. The van der Waals surface area contributed by atoms with Crippen LogP contribution in [0.5, 0.6) is 0 Å². The van der Waals surface area contributed by atoms with Crippen LogP contribution in [0.3, 0.4) is 0 Å². The molecule has 166 valence electrons. The smallest absolute Gasteiger partial charge is 0.338 e. The number of benzene rings is 2. The van der Waals surface area contributed by atoms with Crippen LogP contribution in [-0.4, -0.2) is 32.9 Å². The van der Waals surface area contributed by atoms with Crippen LogP contribution in [0.25, 0.3) is 0 Å². The van der Waals surface area contributed by atoms with Crippen molar-refractivity contribution in [2.24, 2.45) is 0 Å². The first-order chi connectivity index (χ1) is 15.3. The number of ether oxygens (including phenoxy) is 1. The van der Waals surface area contributed by atoms with E-state index >= 15 is 0 Å². The maximum Gasteiger partial charge on any atom is 0.338 e. The lowest BCUT2D eigenvalue weighted by molar-refractivity contribution is -0.122. The first-order valence-corrected chi connectivity index (χ1v) is 11.5. The number of carbonyl (C=O) groups is 2. The summed E-state index contributed by atoms with van der Waals surface area (Å²) in [5.74, 6) is -0.531. The molecule has 1 atom stereocenters. The number of amides is 1. The molecule has 8 nitrogen and oxygen atoms in total. The standard InChI is InChI=1S/C23H22N2O6S/c1-16-13-18-5-2-3-7-21(18)25(16)22(26)15-31-23(27)17-8-10-20(11-9-17)32(28,29)24-14-19-6-4-12-30-19/h2-12,16,24H,13-15H2,1H3/t16-/m1/s1. The van der Waals surface area contributed by atoms with Gasteiger partial charge in [-0.2, -0.15) is 0 Å². The van der Waals surface area contributed by atoms with Gasteiger partial charge in [0.05, 0.1) is 23.3 Å². The highest BCUT2D eigenvalue weighted by Gasteiger charge is 2.31. The molecule has 1 aliphatic rings. The molecule has 9 heteroatoms. The minimum Gasteiger partial charge on any atom is -0.468 e. The number of nitrogens with one attached hydrogen (secondary N) is 1. The van der Waals surface area contributed by atoms with Gasteiger partial charge in [-0.3, -0.25) is 4.79 Å². The van der Waals surface area contributed by atoms with Crippen molar-refractivity contribution in [1.82, 2.24) is 4.72 Å². The summed E-state index contributed by atoms with van der Waals surface area (Å²) >= 11 is 0. The lowest BCUT2D eigenvalue weighted by atomic mass is 10.1. The molecular formula is C23H22N2O6S. The topological polar surface area (TPSA) is 106 Å². The quantitative estimate of drug-likeness (QED) is 0.551. The monoisotopic (exact) mass is 454 g/mol. The molecule has 0 fully saturated rings. The van der Waals surface area contributed by atoms with Crippen LogP contribution in [0.4, 0.5) is 5.69 Å². The number of nitrogens with zero attached hydrogens (tertiary/aromatic N) is 1. The van der Waals surface area contributed by atoms with Crippen LogP contribution in [0.2, 0.25) is 0 Å². The van der Waals surface area contributed by atoms with Crippen LogP contribution < -0.4 is 9.62 Å². The van der Waals surface area contributed by atoms with Gasteiger partial charge in [-0.15, -0.1) is 0 Å². The van der Waals surface area contributed by atoms with Gasteiger partial charge in [0.25, 0.3) is 5.91 Å². The fourth-order valence-electron chi connectivity index (χ4n) is 3.66. The van der Waals surface area contributed by atoms with Crippen molar-refractivity contribution < 1.29 is 27.2 Å². The zero-order chi connectivity index (χ0) is 22.7. The number of fused-ring (bicyclic) bond motifs is 1. The summed E-state index contributed by atoms with van der Waals surface area (Å²) in [6.07, 6.45) is 2.21. The molecule has 4 rings (SSSR count). The van der Waals surface area contributed by atoms with E-state index in [0.29, 0.717) is 5.76 Å². The fraction of sp³-hybridized carbons (Fsp3) is 0.217. The van der Waals surface area contributed by atoms with Crippen LogP contribution in [-0.2, 0) is 32.5 Å². The number of sulfonamides is 1. The summed E-state index contributed by atoms with van der Waals surface area (Å²) in [4.78, 5) is 26.7. The van der Waals surface area contributed by atoms with Gasteiger partial charge in [0.1, 0.15) is 5.76 Å². The first kappa shape index (κ1) is 21.8. The molecule has 0 bridgehead atoms. The van der Waals surface area contributed by atoms with Crippen molar-refractivity contribution in [2.75, 3.05) is 11.5 Å². The Hall–Kier alpha value is -3.43. The lowest BCUT2D eigenvalue weighted by Gasteiger charge is -2.22. The van der Waals surface area contributed by atoms with Crippen molar-refractivity contribution in [3.63, 3.8) is 0 Å². The molecule has 1 N–H and O–H groups in total. The number of rotatable bonds is 7. The third-order valence-electron chi connectivity index (χ3n) is 5.22. The molecule has 0 spiro atoms. The molecule has 0 saturated carbocycles. The molecular weight excluding hydrogens is 432 g/mol. The molecule has 32 heavy (non-hydrogen) atoms. The highest BCUT2D eigenvalue weighted by Crippen LogP contribution is 2.31.